The number of ether oxygens (including phenoxy) is 2. The first-order valence-electron chi connectivity index (χ1n) is 9.60. The van der Waals surface area contributed by atoms with Gasteiger partial charge in [-0.15, -0.1) is 24.0 Å². The Hall–Kier alpha value is -0.120. The van der Waals surface area contributed by atoms with Gasteiger partial charge in [0, 0.05) is 33.3 Å². The van der Waals surface area contributed by atoms with Crippen LogP contribution in [-0.2, 0) is 9.47 Å². The second-order valence-electron chi connectivity index (χ2n) is 7.49. The van der Waals surface area contributed by atoms with E-state index in [4.69, 9.17) is 9.47 Å². The fourth-order valence-corrected chi connectivity index (χ4v) is 3.75. The molecular formula is C18H34IN3O3. The first-order valence-corrected chi connectivity index (χ1v) is 9.60. The van der Waals surface area contributed by atoms with E-state index >= 15 is 0 Å². The van der Waals surface area contributed by atoms with E-state index in [-0.39, 0.29) is 24.0 Å². The van der Waals surface area contributed by atoms with Gasteiger partial charge in [-0.3, -0.25) is 4.99 Å². The summed E-state index contributed by atoms with van der Waals surface area (Å²) in [4.78, 5) is 6.65. The van der Waals surface area contributed by atoms with Gasteiger partial charge in [-0.2, -0.15) is 0 Å². The number of aliphatic imine (C=N–C) groups is 1. The van der Waals surface area contributed by atoms with Crippen molar-refractivity contribution in [1.82, 2.24) is 10.2 Å². The van der Waals surface area contributed by atoms with Crippen molar-refractivity contribution in [2.24, 2.45) is 4.99 Å². The van der Waals surface area contributed by atoms with E-state index in [9.17, 15) is 5.11 Å². The number of nitrogens with zero attached hydrogens (tertiary/aromatic N) is 2. The van der Waals surface area contributed by atoms with Crippen molar-refractivity contribution in [2.45, 2.75) is 69.2 Å². The van der Waals surface area contributed by atoms with Crippen molar-refractivity contribution in [3.05, 3.63) is 0 Å². The molecule has 0 aromatic heterocycles. The number of rotatable bonds is 5. The Kier molecular flexibility index (Phi) is 8.71. The fraction of sp³-hybridized carbons (Fsp3) is 0.944. The van der Waals surface area contributed by atoms with Gasteiger partial charge in [0.15, 0.2) is 5.96 Å². The van der Waals surface area contributed by atoms with Gasteiger partial charge >= 0.3 is 0 Å². The molecule has 0 radical (unpaired) electrons. The molecule has 0 spiro atoms. The van der Waals surface area contributed by atoms with Crippen molar-refractivity contribution >= 4 is 29.9 Å². The van der Waals surface area contributed by atoms with Crippen LogP contribution in [-0.4, -0.2) is 73.7 Å². The van der Waals surface area contributed by atoms with E-state index < -0.39 is 5.60 Å². The summed E-state index contributed by atoms with van der Waals surface area (Å²) < 4.78 is 11.8. The summed E-state index contributed by atoms with van der Waals surface area (Å²) in [6, 6.07) is 0. The van der Waals surface area contributed by atoms with Gasteiger partial charge in [0.2, 0.25) is 0 Å². The van der Waals surface area contributed by atoms with Crippen LogP contribution >= 0.6 is 24.0 Å². The number of piperidine rings is 1. The molecule has 2 aliphatic heterocycles. The van der Waals surface area contributed by atoms with Crippen LogP contribution in [0.15, 0.2) is 4.99 Å². The zero-order valence-electron chi connectivity index (χ0n) is 15.4. The van der Waals surface area contributed by atoms with Gasteiger partial charge < -0.3 is 24.8 Å². The Labute approximate surface area is 168 Å². The lowest BCUT2D eigenvalue weighted by atomic mass is 9.80. The largest absolute Gasteiger partial charge is 0.388 e. The minimum absolute atomic E-state index is 0. The first kappa shape index (κ1) is 21.2. The molecule has 7 heteroatoms. The van der Waals surface area contributed by atoms with Crippen LogP contribution < -0.4 is 5.32 Å². The van der Waals surface area contributed by atoms with Crippen molar-refractivity contribution in [3.63, 3.8) is 0 Å². The number of hydrogen-bond donors (Lipinski definition) is 2. The van der Waals surface area contributed by atoms with Crippen LogP contribution in [0.25, 0.3) is 0 Å². The van der Waals surface area contributed by atoms with Crippen molar-refractivity contribution in [3.8, 4) is 0 Å². The molecule has 0 bridgehead atoms. The van der Waals surface area contributed by atoms with Gasteiger partial charge in [0.25, 0.3) is 0 Å². The summed E-state index contributed by atoms with van der Waals surface area (Å²) in [6.45, 7) is 4.14. The van der Waals surface area contributed by atoms with Gasteiger partial charge in [0.1, 0.15) is 0 Å². The molecule has 0 amide bonds. The number of hydrogen-bond acceptors (Lipinski definition) is 4. The number of guanidine groups is 1. The lowest BCUT2D eigenvalue weighted by molar-refractivity contribution is -0.0722. The summed E-state index contributed by atoms with van der Waals surface area (Å²) in [5, 5.41) is 13.6. The van der Waals surface area contributed by atoms with E-state index in [0.717, 1.165) is 70.8 Å². The predicted octanol–water partition coefficient (Wildman–Crippen LogP) is 2.14. The SMILES string of the molecule is CN=C(NCC1(O)CCC1)N1CCC(OCC2CCCCO2)CC1.I. The average Bonchev–Trinajstić information content (AvgIpc) is 2.61. The number of aliphatic hydroxyl groups is 1. The van der Waals surface area contributed by atoms with Crippen LogP contribution in [0.2, 0.25) is 0 Å². The summed E-state index contributed by atoms with van der Waals surface area (Å²) >= 11 is 0. The standard InChI is InChI=1S/C18H33N3O3.HI/c1-19-17(20-14-18(22)8-4-9-18)21-10-6-15(7-11-21)24-13-16-5-2-3-12-23-16;/h15-16,22H,2-14H2,1H3,(H,19,20);1H. The Morgan fingerprint density at radius 3 is 2.56 bits per heavy atom. The maximum absolute atomic E-state index is 10.2. The van der Waals surface area contributed by atoms with E-state index in [0.29, 0.717) is 18.8 Å². The molecule has 2 N–H and O–H groups in total. The molecule has 1 atom stereocenters. The second-order valence-corrected chi connectivity index (χ2v) is 7.49. The Bertz CT molecular complexity index is 418. The minimum Gasteiger partial charge on any atom is -0.388 e. The zero-order chi connectivity index (χ0) is 16.8. The summed E-state index contributed by atoms with van der Waals surface area (Å²) in [7, 11) is 1.82. The molecule has 0 aromatic rings. The lowest BCUT2D eigenvalue weighted by Gasteiger charge is -2.39. The number of halogens is 1. The summed E-state index contributed by atoms with van der Waals surface area (Å²) in [5.74, 6) is 0.907. The van der Waals surface area contributed by atoms with Crippen LogP contribution in [0.5, 0.6) is 0 Å². The normalized spacial score (nSPS) is 27.4. The molecule has 2 heterocycles. The maximum Gasteiger partial charge on any atom is 0.193 e. The molecule has 2 saturated heterocycles. The van der Waals surface area contributed by atoms with Crippen LogP contribution in [0, 0.1) is 0 Å². The smallest absolute Gasteiger partial charge is 0.193 e. The average molecular weight is 467 g/mol. The summed E-state index contributed by atoms with van der Waals surface area (Å²) in [5.41, 5.74) is -0.516. The molecule has 3 fully saturated rings. The number of nitrogens with one attached hydrogen (secondary N) is 1. The first-order chi connectivity index (χ1) is 11.7. The Morgan fingerprint density at radius 2 is 2.00 bits per heavy atom. The molecule has 3 rings (SSSR count). The fourth-order valence-electron chi connectivity index (χ4n) is 3.75. The Morgan fingerprint density at radius 1 is 1.24 bits per heavy atom. The lowest BCUT2D eigenvalue weighted by Crippen LogP contribution is -2.53. The molecule has 1 saturated carbocycles. The van der Waals surface area contributed by atoms with Crippen molar-refractivity contribution in [1.29, 1.82) is 0 Å². The molecule has 25 heavy (non-hydrogen) atoms. The highest BCUT2D eigenvalue weighted by Crippen LogP contribution is 2.30. The van der Waals surface area contributed by atoms with E-state index in [1.165, 1.54) is 12.8 Å². The van der Waals surface area contributed by atoms with E-state index in [1.807, 2.05) is 7.05 Å². The summed E-state index contributed by atoms with van der Waals surface area (Å²) in [6.07, 6.45) is 9.20. The van der Waals surface area contributed by atoms with Crippen molar-refractivity contribution in [2.75, 3.05) is 39.9 Å². The van der Waals surface area contributed by atoms with Crippen molar-refractivity contribution < 1.29 is 14.6 Å². The molecule has 3 aliphatic rings. The quantitative estimate of drug-likeness (QED) is 0.369. The highest BCUT2D eigenvalue weighted by Gasteiger charge is 2.35. The van der Waals surface area contributed by atoms with Gasteiger partial charge in [-0.25, -0.2) is 0 Å². The zero-order valence-corrected chi connectivity index (χ0v) is 17.7. The minimum atomic E-state index is -0.516. The van der Waals surface area contributed by atoms with Crippen LogP contribution in [0.4, 0.5) is 0 Å². The van der Waals surface area contributed by atoms with Gasteiger partial charge in [-0.05, 0) is 51.4 Å². The van der Waals surface area contributed by atoms with Crippen LogP contribution in [0.1, 0.15) is 51.4 Å². The van der Waals surface area contributed by atoms with Gasteiger partial charge in [-0.1, -0.05) is 0 Å². The molecule has 1 aliphatic carbocycles. The molecule has 146 valence electrons. The third-order valence-electron chi connectivity index (χ3n) is 5.60. The van der Waals surface area contributed by atoms with Gasteiger partial charge in [0.05, 0.1) is 24.4 Å². The molecule has 6 nitrogen and oxygen atoms in total. The third-order valence-corrected chi connectivity index (χ3v) is 5.60. The third kappa shape index (κ3) is 6.22. The monoisotopic (exact) mass is 467 g/mol. The van der Waals surface area contributed by atoms with E-state index in [2.05, 4.69) is 15.2 Å². The molecule has 0 aromatic carbocycles. The Balaban J connectivity index is 0.00000225. The highest BCUT2D eigenvalue weighted by molar-refractivity contribution is 14.0. The second kappa shape index (κ2) is 10.3. The number of likely N-dealkylation sites (tertiary alicyclic amines) is 1. The van der Waals surface area contributed by atoms with Crippen LogP contribution in [0.3, 0.4) is 0 Å². The predicted molar refractivity (Wildman–Crippen MR) is 110 cm³/mol. The topological polar surface area (TPSA) is 66.3 Å². The molecular weight excluding hydrogens is 433 g/mol. The van der Waals surface area contributed by atoms with E-state index in [1.54, 1.807) is 0 Å². The molecule has 1 unspecified atom stereocenters. The maximum atomic E-state index is 10.2. The highest BCUT2D eigenvalue weighted by atomic mass is 127.